The van der Waals surface area contributed by atoms with E-state index in [4.69, 9.17) is 9.47 Å². The third-order valence-corrected chi connectivity index (χ3v) is 3.79. The summed E-state index contributed by atoms with van der Waals surface area (Å²) in [5.74, 6) is 0.777. The number of ether oxygens (including phenoxy) is 2. The number of nitrogens with zero attached hydrogens (tertiary/aromatic N) is 1. The first-order valence-electron chi connectivity index (χ1n) is 7.44. The van der Waals surface area contributed by atoms with Gasteiger partial charge in [-0.15, -0.1) is 0 Å². The monoisotopic (exact) mass is 390 g/mol. The molecule has 1 N–H and O–H groups in total. The Bertz CT molecular complexity index is 745. The average Bonchev–Trinajstić information content (AvgIpc) is 2.56. The number of amides is 1. The highest BCUT2D eigenvalue weighted by atomic mass is 79.9. The highest BCUT2D eigenvalue weighted by Crippen LogP contribution is 2.28. The maximum Gasteiger partial charge on any atom is 0.271 e. The SMILES string of the molecule is COc1cc(C(=O)N/N=C/c2ccccc2Br)ccc1OC(C)C. The smallest absolute Gasteiger partial charge is 0.271 e. The molecule has 0 spiro atoms. The van der Waals surface area contributed by atoms with Gasteiger partial charge in [0.15, 0.2) is 11.5 Å². The van der Waals surface area contributed by atoms with Crippen molar-refractivity contribution in [2.45, 2.75) is 20.0 Å². The minimum atomic E-state index is -0.326. The van der Waals surface area contributed by atoms with Crippen molar-refractivity contribution in [3.05, 3.63) is 58.1 Å². The number of halogens is 1. The second-order valence-electron chi connectivity index (χ2n) is 5.25. The van der Waals surface area contributed by atoms with Crippen LogP contribution in [0, 0.1) is 0 Å². The van der Waals surface area contributed by atoms with Crippen molar-refractivity contribution in [1.29, 1.82) is 0 Å². The van der Waals surface area contributed by atoms with Crippen LogP contribution in [0.4, 0.5) is 0 Å². The van der Waals surface area contributed by atoms with E-state index in [9.17, 15) is 4.79 Å². The Kier molecular flexibility index (Phi) is 6.37. The maximum absolute atomic E-state index is 12.2. The van der Waals surface area contributed by atoms with E-state index >= 15 is 0 Å². The van der Waals surface area contributed by atoms with E-state index in [1.165, 1.54) is 7.11 Å². The first-order valence-corrected chi connectivity index (χ1v) is 8.23. The highest BCUT2D eigenvalue weighted by Gasteiger charge is 2.11. The molecule has 0 saturated heterocycles. The van der Waals surface area contributed by atoms with E-state index in [-0.39, 0.29) is 12.0 Å². The molecule has 0 unspecified atom stereocenters. The number of hydrazone groups is 1. The van der Waals surface area contributed by atoms with Crippen LogP contribution in [0.15, 0.2) is 52.0 Å². The zero-order chi connectivity index (χ0) is 17.5. The van der Waals surface area contributed by atoms with Crippen molar-refractivity contribution < 1.29 is 14.3 Å². The predicted molar refractivity (Wildman–Crippen MR) is 98.0 cm³/mol. The number of benzene rings is 2. The third-order valence-electron chi connectivity index (χ3n) is 3.06. The van der Waals surface area contributed by atoms with Crippen molar-refractivity contribution in [1.82, 2.24) is 5.43 Å². The molecule has 0 atom stereocenters. The van der Waals surface area contributed by atoms with Gasteiger partial charge in [-0.2, -0.15) is 5.10 Å². The first kappa shape index (κ1) is 18.0. The molecule has 0 aliphatic heterocycles. The molecule has 1 amide bonds. The molecule has 2 aromatic rings. The predicted octanol–water partition coefficient (Wildman–Crippen LogP) is 4.01. The summed E-state index contributed by atoms with van der Waals surface area (Å²) < 4.78 is 11.8. The van der Waals surface area contributed by atoms with Gasteiger partial charge in [0, 0.05) is 15.6 Å². The lowest BCUT2D eigenvalue weighted by atomic mass is 10.2. The molecule has 0 radical (unpaired) electrons. The van der Waals surface area contributed by atoms with Gasteiger partial charge < -0.3 is 9.47 Å². The van der Waals surface area contributed by atoms with E-state index in [1.54, 1.807) is 24.4 Å². The quantitative estimate of drug-likeness (QED) is 0.598. The number of carbonyl (C=O) groups excluding carboxylic acids is 1. The summed E-state index contributed by atoms with van der Waals surface area (Å²) in [6.07, 6.45) is 1.60. The summed E-state index contributed by atoms with van der Waals surface area (Å²) in [6.45, 7) is 3.85. The van der Waals surface area contributed by atoms with Gasteiger partial charge in [0.1, 0.15) is 0 Å². The fraction of sp³-hybridized carbons (Fsp3) is 0.222. The molecular weight excluding hydrogens is 372 g/mol. The van der Waals surface area contributed by atoms with Crippen molar-refractivity contribution in [3.8, 4) is 11.5 Å². The van der Waals surface area contributed by atoms with E-state index in [0.29, 0.717) is 17.1 Å². The number of methoxy groups -OCH3 is 1. The standard InChI is InChI=1S/C18H19BrN2O3/c1-12(2)24-16-9-8-13(10-17(16)23-3)18(22)21-20-11-14-6-4-5-7-15(14)19/h4-12H,1-3H3,(H,21,22)/b20-11+. The number of hydrogen-bond acceptors (Lipinski definition) is 4. The number of carbonyl (C=O) groups is 1. The molecule has 0 aliphatic rings. The van der Waals surface area contributed by atoms with Gasteiger partial charge in [0.2, 0.25) is 0 Å². The lowest BCUT2D eigenvalue weighted by Gasteiger charge is -2.14. The van der Waals surface area contributed by atoms with Crippen LogP contribution in [0.5, 0.6) is 11.5 Å². The summed E-state index contributed by atoms with van der Waals surface area (Å²) in [4.78, 5) is 12.2. The van der Waals surface area contributed by atoms with Crippen LogP contribution in [-0.4, -0.2) is 25.3 Å². The summed E-state index contributed by atoms with van der Waals surface area (Å²) >= 11 is 3.42. The summed E-state index contributed by atoms with van der Waals surface area (Å²) in [6, 6.07) is 12.6. The third kappa shape index (κ3) is 4.83. The largest absolute Gasteiger partial charge is 0.493 e. The Morgan fingerprint density at radius 3 is 2.62 bits per heavy atom. The molecule has 2 rings (SSSR count). The van der Waals surface area contributed by atoms with Crippen LogP contribution < -0.4 is 14.9 Å². The van der Waals surface area contributed by atoms with Crippen molar-refractivity contribution >= 4 is 28.1 Å². The van der Waals surface area contributed by atoms with E-state index in [0.717, 1.165) is 10.0 Å². The van der Waals surface area contributed by atoms with E-state index in [1.807, 2.05) is 38.1 Å². The molecule has 2 aromatic carbocycles. The van der Waals surface area contributed by atoms with Gasteiger partial charge >= 0.3 is 0 Å². The average molecular weight is 391 g/mol. The molecule has 5 nitrogen and oxygen atoms in total. The number of hydrogen-bond donors (Lipinski definition) is 1. The maximum atomic E-state index is 12.2. The summed E-state index contributed by atoms with van der Waals surface area (Å²) in [5, 5.41) is 3.98. The molecule has 0 aliphatic carbocycles. The van der Waals surface area contributed by atoms with E-state index in [2.05, 4.69) is 26.5 Å². The van der Waals surface area contributed by atoms with Crippen LogP contribution in [0.3, 0.4) is 0 Å². The number of nitrogens with one attached hydrogen (secondary N) is 1. The molecule has 0 bridgehead atoms. The first-order chi connectivity index (χ1) is 11.5. The zero-order valence-electron chi connectivity index (χ0n) is 13.7. The Hall–Kier alpha value is -2.34. The van der Waals surface area contributed by atoms with Crippen molar-refractivity contribution in [3.63, 3.8) is 0 Å². The molecule has 6 heteroatoms. The fourth-order valence-electron chi connectivity index (χ4n) is 1.96. The van der Waals surface area contributed by atoms with Gasteiger partial charge in [-0.25, -0.2) is 5.43 Å². The Balaban J connectivity index is 2.08. The summed E-state index contributed by atoms with van der Waals surface area (Å²) in [7, 11) is 1.54. The Morgan fingerprint density at radius 2 is 1.96 bits per heavy atom. The fourth-order valence-corrected chi connectivity index (χ4v) is 2.35. The molecule has 0 heterocycles. The Morgan fingerprint density at radius 1 is 1.21 bits per heavy atom. The molecule has 24 heavy (non-hydrogen) atoms. The van der Waals surface area contributed by atoms with Crippen LogP contribution >= 0.6 is 15.9 Å². The lowest BCUT2D eigenvalue weighted by Crippen LogP contribution is -2.18. The van der Waals surface area contributed by atoms with Gasteiger partial charge in [-0.1, -0.05) is 34.1 Å². The van der Waals surface area contributed by atoms with Crippen LogP contribution in [-0.2, 0) is 0 Å². The lowest BCUT2D eigenvalue weighted by molar-refractivity contribution is 0.0954. The van der Waals surface area contributed by atoms with Crippen LogP contribution in [0.2, 0.25) is 0 Å². The second kappa shape index (κ2) is 8.49. The van der Waals surface area contributed by atoms with Gasteiger partial charge in [-0.05, 0) is 38.1 Å². The Labute approximate surface area is 149 Å². The molecular formula is C18H19BrN2O3. The van der Waals surface area contributed by atoms with Crippen molar-refractivity contribution in [2.24, 2.45) is 5.10 Å². The van der Waals surface area contributed by atoms with Gasteiger partial charge in [0.25, 0.3) is 5.91 Å². The van der Waals surface area contributed by atoms with Crippen molar-refractivity contribution in [2.75, 3.05) is 7.11 Å². The second-order valence-corrected chi connectivity index (χ2v) is 6.11. The van der Waals surface area contributed by atoms with Crippen LogP contribution in [0.1, 0.15) is 29.8 Å². The minimum Gasteiger partial charge on any atom is -0.493 e. The molecule has 0 aromatic heterocycles. The van der Waals surface area contributed by atoms with Crippen LogP contribution in [0.25, 0.3) is 0 Å². The molecule has 0 saturated carbocycles. The van der Waals surface area contributed by atoms with E-state index < -0.39 is 0 Å². The van der Waals surface area contributed by atoms with Gasteiger partial charge in [-0.3, -0.25) is 4.79 Å². The normalized spacial score (nSPS) is 10.9. The topological polar surface area (TPSA) is 59.9 Å². The minimum absolute atomic E-state index is 0.0208. The number of rotatable bonds is 6. The molecule has 126 valence electrons. The summed E-state index contributed by atoms with van der Waals surface area (Å²) in [5.41, 5.74) is 3.81. The van der Waals surface area contributed by atoms with Gasteiger partial charge in [0.05, 0.1) is 19.4 Å². The highest BCUT2D eigenvalue weighted by molar-refractivity contribution is 9.10. The molecule has 0 fully saturated rings. The zero-order valence-corrected chi connectivity index (χ0v) is 15.3.